The fourth-order valence-corrected chi connectivity index (χ4v) is 2.44. The molecule has 1 aliphatic carbocycles. The van der Waals surface area contributed by atoms with Gasteiger partial charge in [-0.3, -0.25) is 0 Å². The van der Waals surface area contributed by atoms with Crippen molar-refractivity contribution in [3.63, 3.8) is 0 Å². The molecule has 1 fully saturated rings. The number of nitrogens with two attached hydrogens (primary N) is 1. The topological polar surface area (TPSA) is 38.0 Å². The van der Waals surface area contributed by atoms with E-state index < -0.39 is 0 Å². The largest absolute Gasteiger partial charge is 0.326 e. The van der Waals surface area contributed by atoms with E-state index in [0.29, 0.717) is 6.54 Å². The van der Waals surface area contributed by atoms with E-state index in [2.05, 4.69) is 29.6 Å². The Balaban J connectivity index is 1.83. The van der Waals surface area contributed by atoms with Crippen LogP contribution in [0.2, 0.25) is 0 Å². The van der Waals surface area contributed by atoms with Gasteiger partial charge < -0.3 is 11.1 Å². The van der Waals surface area contributed by atoms with Crippen LogP contribution in [-0.2, 0) is 13.1 Å². The molecule has 0 radical (unpaired) electrons. The lowest BCUT2D eigenvalue weighted by molar-refractivity contribution is 0.372. The molecule has 1 aromatic carbocycles. The summed E-state index contributed by atoms with van der Waals surface area (Å²) < 4.78 is 0. The molecule has 2 rings (SSSR count). The van der Waals surface area contributed by atoms with Gasteiger partial charge in [-0.1, -0.05) is 43.5 Å². The summed E-state index contributed by atoms with van der Waals surface area (Å²) >= 11 is 0. The fourth-order valence-electron chi connectivity index (χ4n) is 2.44. The lowest BCUT2D eigenvalue weighted by Crippen LogP contribution is -2.30. The van der Waals surface area contributed by atoms with E-state index in [0.717, 1.165) is 12.6 Å². The quantitative estimate of drug-likeness (QED) is 0.815. The number of benzene rings is 1. The summed E-state index contributed by atoms with van der Waals surface area (Å²) in [5, 5.41) is 3.65. The molecule has 1 aromatic rings. The molecule has 0 saturated heterocycles. The van der Waals surface area contributed by atoms with Crippen LogP contribution in [0.4, 0.5) is 0 Å². The van der Waals surface area contributed by atoms with Gasteiger partial charge in [0.25, 0.3) is 0 Å². The molecule has 0 aliphatic heterocycles. The van der Waals surface area contributed by atoms with Crippen molar-refractivity contribution < 1.29 is 0 Å². The second kappa shape index (κ2) is 6.02. The lowest BCUT2D eigenvalue weighted by atomic mass is 9.95. The lowest BCUT2D eigenvalue weighted by Gasteiger charge is -2.22. The normalized spacial score (nSPS) is 17.6. The Morgan fingerprint density at radius 1 is 1.12 bits per heavy atom. The smallest absolute Gasteiger partial charge is 0.0208 e. The summed E-state index contributed by atoms with van der Waals surface area (Å²) in [4.78, 5) is 0. The highest BCUT2D eigenvalue weighted by atomic mass is 14.9. The summed E-state index contributed by atoms with van der Waals surface area (Å²) in [5.41, 5.74) is 8.22. The molecule has 88 valence electrons. The second-order valence-electron chi connectivity index (χ2n) is 4.74. The van der Waals surface area contributed by atoms with Crippen LogP contribution in [0.15, 0.2) is 24.3 Å². The van der Waals surface area contributed by atoms with Crippen LogP contribution in [-0.4, -0.2) is 6.04 Å². The van der Waals surface area contributed by atoms with E-state index in [1.165, 1.54) is 43.2 Å². The maximum Gasteiger partial charge on any atom is 0.0208 e. The molecule has 0 atom stereocenters. The van der Waals surface area contributed by atoms with Crippen molar-refractivity contribution in [2.75, 3.05) is 0 Å². The zero-order chi connectivity index (χ0) is 11.2. The molecule has 16 heavy (non-hydrogen) atoms. The maximum absolute atomic E-state index is 5.64. The van der Waals surface area contributed by atoms with Crippen molar-refractivity contribution in [2.45, 2.75) is 51.2 Å². The SMILES string of the molecule is NCc1cccc(CNC2CCCCC2)c1. The van der Waals surface area contributed by atoms with Gasteiger partial charge in [-0.25, -0.2) is 0 Å². The molecule has 1 saturated carbocycles. The first kappa shape index (κ1) is 11.6. The fraction of sp³-hybridized carbons (Fsp3) is 0.571. The predicted molar refractivity (Wildman–Crippen MR) is 68.0 cm³/mol. The van der Waals surface area contributed by atoms with Gasteiger partial charge in [-0.15, -0.1) is 0 Å². The molecule has 2 nitrogen and oxygen atoms in total. The Morgan fingerprint density at radius 3 is 2.62 bits per heavy atom. The number of rotatable bonds is 4. The van der Waals surface area contributed by atoms with Crippen molar-refractivity contribution in [1.82, 2.24) is 5.32 Å². The molecule has 0 unspecified atom stereocenters. The molecule has 0 bridgehead atoms. The van der Waals surface area contributed by atoms with Crippen molar-refractivity contribution in [3.05, 3.63) is 35.4 Å². The van der Waals surface area contributed by atoms with Gasteiger partial charge in [0.15, 0.2) is 0 Å². The van der Waals surface area contributed by atoms with Gasteiger partial charge in [0.1, 0.15) is 0 Å². The maximum atomic E-state index is 5.64. The molecule has 0 amide bonds. The molecule has 0 aromatic heterocycles. The first-order valence-electron chi connectivity index (χ1n) is 6.40. The Hall–Kier alpha value is -0.860. The average molecular weight is 218 g/mol. The summed E-state index contributed by atoms with van der Waals surface area (Å²) in [6, 6.07) is 9.30. The summed E-state index contributed by atoms with van der Waals surface area (Å²) in [5.74, 6) is 0. The third kappa shape index (κ3) is 3.32. The Morgan fingerprint density at radius 2 is 1.88 bits per heavy atom. The van der Waals surface area contributed by atoms with Crippen molar-refractivity contribution in [1.29, 1.82) is 0 Å². The number of hydrogen-bond donors (Lipinski definition) is 2. The number of nitrogens with one attached hydrogen (secondary N) is 1. The van der Waals surface area contributed by atoms with E-state index in [9.17, 15) is 0 Å². The standard InChI is InChI=1S/C14H22N2/c15-10-12-5-4-6-13(9-12)11-16-14-7-2-1-3-8-14/h4-6,9,14,16H,1-3,7-8,10-11,15H2. The van der Waals surface area contributed by atoms with E-state index >= 15 is 0 Å². The van der Waals surface area contributed by atoms with Crippen molar-refractivity contribution >= 4 is 0 Å². The molecule has 0 spiro atoms. The van der Waals surface area contributed by atoms with Gasteiger partial charge in [-0.2, -0.15) is 0 Å². The summed E-state index contributed by atoms with van der Waals surface area (Å²) in [6.45, 7) is 1.62. The molecule has 3 N–H and O–H groups in total. The van der Waals surface area contributed by atoms with Gasteiger partial charge in [0.2, 0.25) is 0 Å². The average Bonchev–Trinajstić information content (AvgIpc) is 2.38. The van der Waals surface area contributed by atoms with Crippen LogP contribution >= 0.6 is 0 Å². The van der Waals surface area contributed by atoms with E-state index in [4.69, 9.17) is 5.73 Å². The minimum Gasteiger partial charge on any atom is -0.326 e. The first-order chi connectivity index (χ1) is 7.88. The third-order valence-electron chi connectivity index (χ3n) is 3.43. The van der Waals surface area contributed by atoms with Crippen LogP contribution in [0.3, 0.4) is 0 Å². The second-order valence-corrected chi connectivity index (χ2v) is 4.74. The predicted octanol–water partition coefficient (Wildman–Crippen LogP) is 2.57. The summed E-state index contributed by atoms with van der Waals surface area (Å²) in [6.07, 6.45) is 6.88. The van der Waals surface area contributed by atoms with Crippen LogP contribution in [0.5, 0.6) is 0 Å². The molecule has 1 aliphatic rings. The minimum absolute atomic E-state index is 0.636. The van der Waals surface area contributed by atoms with Crippen LogP contribution < -0.4 is 11.1 Å². The zero-order valence-corrected chi connectivity index (χ0v) is 9.91. The Bertz CT molecular complexity index is 316. The first-order valence-corrected chi connectivity index (χ1v) is 6.40. The Kier molecular flexibility index (Phi) is 4.37. The minimum atomic E-state index is 0.636. The van der Waals surface area contributed by atoms with E-state index in [-0.39, 0.29) is 0 Å². The van der Waals surface area contributed by atoms with Gasteiger partial charge in [0, 0.05) is 19.1 Å². The van der Waals surface area contributed by atoms with Crippen LogP contribution in [0.1, 0.15) is 43.2 Å². The Labute approximate surface area is 98.2 Å². The molecule has 0 heterocycles. The molecular weight excluding hydrogens is 196 g/mol. The van der Waals surface area contributed by atoms with Gasteiger partial charge in [-0.05, 0) is 24.0 Å². The highest BCUT2D eigenvalue weighted by Crippen LogP contribution is 2.17. The highest BCUT2D eigenvalue weighted by Gasteiger charge is 2.12. The van der Waals surface area contributed by atoms with Gasteiger partial charge in [0.05, 0.1) is 0 Å². The monoisotopic (exact) mass is 218 g/mol. The van der Waals surface area contributed by atoms with Crippen LogP contribution in [0.25, 0.3) is 0 Å². The van der Waals surface area contributed by atoms with Crippen molar-refractivity contribution in [2.24, 2.45) is 5.73 Å². The third-order valence-corrected chi connectivity index (χ3v) is 3.43. The van der Waals surface area contributed by atoms with E-state index in [1.807, 2.05) is 0 Å². The van der Waals surface area contributed by atoms with Crippen LogP contribution in [0, 0.1) is 0 Å². The summed E-state index contributed by atoms with van der Waals surface area (Å²) in [7, 11) is 0. The molecular formula is C14H22N2. The highest BCUT2D eigenvalue weighted by molar-refractivity contribution is 5.23. The zero-order valence-electron chi connectivity index (χ0n) is 9.91. The van der Waals surface area contributed by atoms with E-state index in [1.54, 1.807) is 0 Å². The molecule has 2 heteroatoms. The number of hydrogen-bond acceptors (Lipinski definition) is 2. The van der Waals surface area contributed by atoms with Crippen molar-refractivity contribution in [3.8, 4) is 0 Å². The van der Waals surface area contributed by atoms with Gasteiger partial charge >= 0.3 is 0 Å².